The number of rotatable bonds is 5. The number of methoxy groups -OCH3 is 1. The lowest BCUT2D eigenvalue weighted by atomic mass is 10.2. The van der Waals surface area contributed by atoms with Gasteiger partial charge in [0.1, 0.15) is 12.6 Å². The maximum atomic E-state index is 11.8. The minimum absolute atomic E-state index is 0.146. The Hall–Kier alpha value is -1.88. The number of carboxylic acids is 1. The SMILES string of the molecule is COCC(=O)N(c1ccccc1)C(C)C(=O)O. The van der Waals surface area contributed by atoms with Crippen LogP contribution in [0, 0.1) is 0 Å². The number of carbonyl (C=O) groups excluding carboxylic acids is 1. The van der Waals surface area contributed by atoms with Crippen LogP contribution in [0.5, 0.6) is 0 Å². The first kappa shape index (κ1) is 13.2. The van der Waals surface area contributed by atoms with E-state index < -0.39 is 12.0 Å². The molecule has 92 valence electrons. The molecule has 0 saturated carbocycles. The number of carbonyl (C=O) groups is 2. The summed E-state index contributed by atoms with van der Waals surface area (Å²) in [5.74, 6) is -1.44. The van der Waals surface area contributed by atoms with Gasteiger partial charge < -0.3 is 9.84 Å². The molecular weight excluding hydrogens is 222 g/mol. The van der Waals surface area contributed by atoms with Crippen LogP contribution in [0.3, 0.4) is 0 Å². The van der Waals surface area contributed by atoms with Gasteiger partial charge in [-0.15, -0.1) is 0 Å². The Morgan fingerprint density at radius 1 is 1.35 bits per heavy atom. The number of nitrogens with zero attached hydrogens (tertiary/aromatic N) is 1. The molecule has 0 saturated heterocycles. The molecule has 17 heavy (non-hydrogen) atoms. The summed E-state index contributed by atoms with van der Waals surface area (Å²) < 4.78 is 4.75. The molecule has 0 aromatic heterocycles. The number of para-hydroxylation sites is 1. The molecule has 0 radical (unpaired) electrons. The van der Waals surface area contributed by atoms with Gasteiger partial charge in [0.15, 0.2) is 0 Å². The molecule has 1 amide bonds. The van der Waals surface area contributed by atoms with Crippen LogP contribution in [-0.2, 0) is 14.3 Å². The number of benzene rings is 1. The van der Waals surface area contributed by atoms with Crippen molar-refractivity contribution in [2.24, 2.45) is 0 Å². The molecule has 0 aliphatic carbocycles. The van der Waals surface area contributed by atoms with Crippen molar-refractivity contribution in [3.8, 4) is 0 Å². The smallest absolute Gasteiger partial charge is 0.326 e. The molecule has 5 nitrogen and oxygen atoms in total. The molecule has 5 heteroatoms. The molecule has 0 aliphatic heterocycles. The molecule has 0 heterocycles. The third-order valence-corrected chi connectivity index (χ3v) is 2.32. The van der Waals surface area contributed by atoms with Crippen molar-refractivity contribution in [3.63, 3.8) is 0 Å². The highest BCUT2D eigenvalue weighted by molar-refractivity contribution is 5.99. The third-order valence-electron chi connectivity index (χ3n) is 2.32. The summed E-state index contributed by atoms with van der Waals surface area (Å²) in [5.41, 5.74) is 0.546. The lowest BCUT2D eigenvalue weighted by Crippen LogP contribution is -2.45. The van der Waals surface area contributed by atoms with Gasteiger partial charge >= 0.3 is 5.97 Å². The quantitative estimate of drug-likeness (QED) is 0.833. The molecule has 0 fully saturated rings. The minimum Gasteiger partial charge on any atom is -0.480 e. The van der Waals surface area contributed by atoms with Crippen LogP contribution >= 0.6 is 0 Å². The van der Waals surface area contributed by atoms with Crippen LogP contribution in [0.4, 0.5) is 5.69 Å². The summed E-state index contributed by atoms with van der Waals surface area (Å²) in [7, 11) is 1.40. The molecule has 0 spiro atoms. The minimum atomic E-state index is -1.06. The first-order valence-corrected chi connectivity index (χ1v) is 5.16. The van der Waals surface area contributed by atoms with E-state index in [2.05, 4.69) is 0 Å². The monoisotopic (exact) mass is 237 g/mol. The number of hydrogen-bond donors (Lipinski definition) is 1. The Morgan fingerprint density at radius 2 is 1.94 bits per heavy atom. The fraction of sp³-hybridized carbons (Fsp3) is 0.333. The Morgan fingerprint density at radius 3 is 2.41 bits per heavy atom. The van der Waals surface area contributed by atoms with Crippen LogP contribution < -0.4 is 4.90 Å². The Kier molecular flexibility index (Phi) is 4.66. The van der Waals surface area contributed by atoms with E-state index in [1.165, 1.54) is 18.9 Å². The van der Waals surface area contributed by atoms with Crippen molar-refractivity contribution in [3.05, 3.63) is 30.3 Å². The van der Waals surface area contributed by atoms with Crippen molar-refractivity contribution < 1.29 is 19.4 Å². The second kappa shape index (κ2) is 6.00. The highest BCUT2D eigenvalue weighted by Gasteiger charge is 2.26. The van der Waals surface area contributed by atoms with E-state index in [1.807, 2.05) is 0 Å². The molecule has 0 bridgehead atoms. The Bertz CT molecular complexity index is 391. The van der Waals surface area contributed by atoms with Gasteiger partial charge in [-0.1, -0.05) is 18.2 Å². The summed E-state index contributed by atoms with van der Waals surface area (Å²) in [4.78, 5) is 24.0. The first-order chi connectivity index (χ1) is 8.07. The molecule has 1 aromatic rings. The molecule has 1 N–H and O–H groups in total. The second-order valence-electron chi connectivity index (χ2n) is 3.55. The summed E-state index contributed by atoms with van der Waals surface area (Å²) in [6.45, 7) is 1.31. The van der Waals surface area contributed by atoms with Gasteiger partial charge in [-0.2, -0.15) is 0 Å². The number of ether oxygens (including phenoxy) is 1. The van der Waals surface area contributed by atoms with Gasteiger partial charge in [0.2, 0.25) is 0 Å². The van der Waals surface area contributed by atoms with Gasteiger partial charge in [0.25, 0.3) is 5.91 Å². The highest BCUT2D eigenvalue weighted by Crippen LogP contribution is 2.17. The number of hydrogen-bond acceptors (Lipinski definition) is 3. The van der Waals surface area contributed by atoms with E-state index in [4.69, 9.17) is 9.84 Å². The highest BCUT2D eigenvalue weighted by atomic mass is 16.5. The fourth-order valence-corrected chi connectivity index (χ4v) is 1.48. The molecular formula is C12H15NO4. The zero-order valence-electron chi connectivity index (χ0n) is 9.79. The summed E-state index contributed by atoms with van der Waals surface area (Å²) in [6, 6.07) is 7.74. The van der Waals surface area contributed by atoms with Gasteiger partial charge in [0, 0.05) is 12.8 Å². The average molecular weight is 237 g/mol. The molecule has 1 atom stereocenters. The van der Waals surface area contributed by atoms with Gasteiger partial charge in [-0.3, -0.25) is 9.69 Å². The van der Waals surface area contributed by atoms with Crippen molar-refractivity contribution in [2.75, 3.05) is 18.6 Å². The first-order valence-electron chi connectivity index (χ1n) is 5.16. The van der Waals surface area contributed by atoms with Crippen LogP contribution in [0.1, 0.15) is 6.92 Å². The molecule has 0 aliphatic rings. The van der Waals surface area contributed by atoms with Crippen molar-refractivity contribution in [1.29, 1.82) is 0 Å². The van der Waals surface area contributed by atoms with Crippen LogP contribution in [0.2, 0.25) is 0 Å². The maximum absolute atomic E-state index is 11.8. The third kappa shape index (κ3) is 3.29. The van der Waals surface area contributed by atoms with E-state index in [1.54, 1.807) is 30.3 Å². The second-order valence-corrected chi connectivity index (χ2v) is 3.55. The molecule has 1 unspecified atom stereocenters. The van der Waals surface area contributed by atoms with Crippen LogP contribution in [0.25, 0.3) is 0 Å². The average Bonchev–Trinajstić information content (AvgIpc) is 2.31. The fourth-order valence-electron chi connectivity index (χ4n) is 1.48. The Labute approximate surface area is 99.6 Å². The molecule has 1 rings (SSSR count). The zero-order chi connectivity index (χ0) is 12.8. The zero-order valence-corrected chi connectivity index (χ0v) is 9.79. The van der Waals surface area contributed by atoms with E-state index in [0.717, 1.165) is 0 Å². The van der Waals surface area contributed by atoms with E-state index in [-0.39, 0.29) is 12.5 Å². The molecule has 1 aromatic carbocycles. The lowest BCUT2D eigenvalue weighted by molar-refractivity contribution is -0.140. The summed E-state index contributed by atoms with van der Waals surface area (Å²) in [6.07, 6.45) is 0. The van der Waals surface area contributed by atoms with Gasteiger partial charge in [0.05, 0.1) is 0 Å². The normalized spacial score (nSPS) is 11.9. The maximum Gasteiger partial charge on any atom is 0.326 e. The summed E-state index contributed by atoms with van der Waals surface area (Å²) >= 11 is 0. The topological polar surface area (TPSA) is 66.8 Å². The number of aliphatic carboxylic acids is 1. The lowest BCUT2D eigenvalue weighted by Gasteiger charge is -2.26. The number of amides is 1. The van der Waals surface area contributed by atoms with Crippen LogP contribution in [0.15, 0.2) is 30.3 Å². The predicted molar refractivity (Wildman–Crippen MR) is 62.9 cm³/mol. The van der Waals surface area contributed by atoms with E-state index >= 15 is 0 Å². The van der Waals surface area contributed by atoms with Crippen LogP contribution in [-0.4, -0.2) is 36.7 Å². The number of carboxylic acid groups (broad SMARTS) is 1. The summed E-state index contributed by atoms with van der Waals surface area (Å²) in [5, 5.41) is 9.00. The number of anilines is 1. The van der Waals surface area contributed by atoms with Crippen molar-refractivity contribution in [1.82, 2.24) is 0 Å². The van der Waals surface area contributed by atoms with Gasteiger partial charge in [-0.05, 0) is 19.1 Å². The van der Waals surface area contributed by atoms with Crippen molar-refractivity contribution >= 4 is 17.6 Å². The standard InChI is InChI=1S/C12H15NO4/c1-9(12(15)16)13(11(14)8-17-2)10-6-4-3-5-7-10/h3-7,9H,8H2,1-2H3,(H,15,16). The van der Waals surface area contributed by atoms with E-state index in [9.17, 15) is 9.59 Å². The largest absolute Gasteiger partial charge is 0.480 e. The Balaban J connectivity index is 3.02. The predicted octanol–water partition coefficient (Wildman–Crippen LogP) is 1.14. The van der Waals surface area contributed by atoms with E-state index in [0.29, 0.717) is 5.69 Å². The van der Waals surface area contributed by atoms with Gasteiger partial charge in [-0.25, -0.2) is 4.79 Å². The van der Waals surface area contributed by atoms with Crippen molar-refractivity contribution in [2.45, 2.75) is 13.0 Å².